The number of ether oxygens (including phenoxy) is 3. The molecule has 2 aromatic carbocycles. The molecule has 1 fully saturated rings. The molecule has 2 aliphatic rings. The maximum atomic E-state index is 13.4. The highest BCUT2D eigenvalue weighted by atomic mass is 16.5. The predicted octanol–water partition coefficient (Wildman–Crippen LogP) is 5.12. The topological polar surface area (TPSA) is 68.3 Å². The number of amides is 2. The molecule has 0 aliphatic carbocycles. The second kappa shape index (κ2) is 14.2. The van der Waals surface area contributed by atoms with Gasteiger partial charge in [-0.15, -0.1) is 0 Å². The lowest BCUT2D eigenvalue weighted by Crippen LogP contribution is -2.35. The van der Waals surface area contributed by atoms with Crippen molar-refractivity contribution in [3.8, 4) is 11.5 Å². The Hall–Kier alpha value is -3.06. The molecule has 7 heteroatoms. The summed E-state index contributed by atoms with van der Waals surface area (Å²) in [7, 11) is 0. The van der Waals surface area contributed by atoms with E-state index in [1.54, 1.807) is 0 Å². The molecule has 0 saturated carbocycles. The molecule has 0 radical (unpaired) electrons. The number of carbonyl (C=O) groups excluding carboxylic acids is 2. The van der Waals surface area contributed by atoms with Crippen molar-refractivity contribution in [1.29, 1.82) is 0 Å². The van der Waals surface area contributed by atoms with Crippen LogP contribution in [0, 0.1) is 0 Å². The molecule has 0 aromatic heterocycles. The Morgan fingerprint density at radius 3 is 2.39 bits per heavy atom. The zero-order valence-electron chi connectivity index (χ0n) is 22.9. The fourth-order valence-corrected chi connectivity index (χ4v) is 5.21. The molecule has 2 aromatic rings. The largest absolute Gasteiger partial charge is 0.494 e. The summed E-state index contributed by atoms with van der Waals surface area (Å²) in [5, 5.41) is 0. The van der Waals surface area contributed by atoms with Crippen molar-refractivity contribution in [2.75, 3.05) is 39.4 Å². The Kier molecular flexibility index (Phi) is 10.4. The van der Waals surface area contributed by atoms with Gasteiger partial charge in [-0.1, -0.05) is 49.9 Å². The molecule has 2 heterocycles. The van der Waals surface area contributed by atoms with Crippen LogP contribution in [0.5, 0.6) is 11.5 Å². The zero-order chi connectivity index (χ0) is 26.7. The first-order valence-electron chi connectivity index (χ1n) is 14.2. The summed E-state index contributed by atoms with van der Waals surface area (Å²) in [4.78, 5) is 30.4. The van der Waals surface area contributed by atoms with E-state index in [4.69, 9.17) is 14.2 Å². The van der Waals surface area contributed by atoms with Gasteiger partial charge in [-0.2, -0.15) is 0 Å². The van der Waals surface area contributed by atoms with Gasteiger partial charge in [0, 0.05) is 19.7 Å². The van der Waals surface area contributed by atoms with Gasteiger partial charge in [0.1, 0.15) is 23.7 Å². The van der Waals surface area contributed by atoms with Gasteiger partial charge >= 0.3 is 0 Å². The first-order chi connectivity index (χ1) is 18.6. The van der Waals surface area contributed by atoms with Crippen LogP contribution in [-0.2, 0) is 16.0 Å². The SMILES string of the molecule is CCOc1ccc(CC(=O)N2C[C@H]3OCCCCCCCCN(CC)C(=O)c4ccccc4O[C@@H]3C2)cc1. The van der Waals surface area contributed by atoms with E-state index in [9.17, 15) is 9.59 Å². The Labute approximate surface area is 227 Å². The standard InChI is InChI=1S/C31H42N2O5/c1-3-32-19-11-7-5-6-8-12-20-37-28-22-33(30(34)21-24-15-17-25(18-16-24)36-4-2)23-29(28)38-27-14-10-9-13-26(27)31(32)35/h9-10,13-18,28-29H,3-8,11-12,19-23H2,1-2H3/t28-,29-/m1/s1. The summed E-state index contributed by atoms with van der Waals surface area (Å²) in [5.74, 6) is 1.40. The van der Waals surface area contributed by atoms with E-state index >= 15 is 0 Å². The summed E-state index contributed by atoms with van der Waals surface area (Å²) < 4.78 is 18.3. The van der Waals surface area contributed by atoms with Gasteiger partial charge in [-0.3, -0.25) is 9.59 Å². The van der Waals surface area contributed by atoms with Crippen LogP contribution in [0.4, 0.5) is 0 Å². The second-order valence-electron chi connectivity index (χ2n) is 10.1. The van der Waals surface area contributed by atoms with Crippen molar-refractivity contribution in [3.05, 3.63) is 59.7 Å². The number of likely N-dealkylation sites (tertiary alicyclic amines) is 1. The molecular weight excluding hydrogens is 480 g/mol. The van der Waals surface area contributed by atoms with Crippen LogP contribution in [0.3, 0.4) is 0 Å². The van der Waals surface area contributed by atoms with Crippen molar-refractivity contribution in [2.24, 2.45) is 0 Å². The van der Waals surface area contributed by atoms with Crippen LogP contribution in [0.25, 0.3) is 0 Å². The molecule has 1 saturated heterocycles. The zero-order valence-corrected chi connectivity index (χ0v) is 22.9. The molecule has 206 valence electrons. The van der Waals surface area contributed by atoms with Crippen LogP contribution in [-0.4, -0.2) is 73.2 Å². The molecule has 0 N–H and O–H groups in total. The number of para-hydroxylation sites is 1. The maximum Gasteiger partial charge on any atom is 0.257 e. The fourth-order valence-electron chi connectivity index (χ4n) is 5.21. The van der Waals surface area contributed by atoms with Crippen molar-refractivity contribution >= 4 is 11.8 Å². The normalized spacial score (nSPS) is 21.4. The highest BCUT2D eigenvalue weighted by Crippen LogP contribution is 2.27. The smallest absolute Gasteiger partial charge is 0.257 e. The summed E-state index contributed by atoms with van der Waals surface area (Å²) in [5.41, 5.74) is 1.51. The number of nitrogens with zero attached hydrogens (tertiary/aromatic N) is 2. The summed E-state index contributed by atoms with van der Waals surface area (Å²) in [6.45, 7) is 7.57. The van der Waals surface area contributed by atoms with E-state index in [2.05, 4.69) is 0 Å². The molecular formula is C31H42N2O5. The average molecular weight is 523 g/mol. The number of hydrogen-bond acceptors (Lipinski definition) is 5. The average Bonchev–Trinajstić information content (AvgIpc) is 3.33. The lowest BCUT2D eigenvalue weighted by atomic mass is 10.1. The van der Waals surface area contributed by atoms with Crippen molar-refractivity contribution in [1.82, 2.24) is 9.80 Å². The van der Waals surface area contributed by atoms with Gasteiger partial charge < -0.3 is 24.0 Å². The molecule has 2 atom stereocenters. The second-order valence-corrected chi connectivity index (χ2v) is 10.1. The first kappa shape index (κ1) is 28.0. The molecule has 4 rings (SSSR count). The lowest BCUT2D eigenvalue weighted by Gasteiger charge is -2.25. The van der Waals surface area contributed by atoms with Crippen molar-refractivity contribution in [2.45, 2.75) is 71.0 Å². The van der Waals surface area contributed by atoms with E-state index < -0.39 is 0 Å². The number of fused-ring (bicyclic) bond motifs is 2. The minimum atomic E-state index is -0.337. The maximum absolute atomic E-state index is 13.4. The summed E-state index contributed by atoms with van der Waals surface area (Å²) >= 11 is 0. The fraction of sp³-hybridized carbons (Fsp3) is 0.548. The first-order valence-corrected chi connectivity index (χ1v) is 14.2. The molecule has 7 nitrogen and oxygen atoms in total. The number of rotatable bonds is 5. The molecule has 0 bridgehead atoms. The molecule has 2 amide bonds. The van der Waals surface area contributed by atoms with Crippen LogP contribution in [0.2, 0.25) is 0 Å². The third kappa shape index (κ3) is 7.50. The molecule has 0 spiro atoms. The van der Waals surface area contributed by atoms with Crippen LogP contribution in [0.1, 0.15) is 68.3 Å². The molecule has 38 heavy (non-hydrogen) atoms. The van der Waals surface area contributed by atoms with Gasteiger partial charge in [0.25, 0.3) is 5.91 Å². The van der Waals surface area contributed by atoms with Gasteiger partial charge in [-0.25, -0.2) is 0 Å². The van der Waals surface area contributed by atoms with E-state index in [-0.39, 0.29) is 24.0 Å². The van der Waals surface area contributed by atoms with Gasteiger partial charge in [-0.05, 0) is 56.5 Å². The van der Waals surface area contributed by atoms with Crippen LogP contribution in [0.15, 0.2) is 48.5 Å². The lowest BCUT2D eigenvalue weighted by molar-refractivity contribution is -0.130. The molecule has 0 unspecified atom stereocenters. The van der Waals surface area contributed by atoms with E-state index in [0.717, 1.165) is 43.5 Å². The number of benzene rings is 2. The van der Waals surface area contributed by atoms with Crippen LogP contribution >= 0.6 is 0 Å². The van der Waals surface area contributed by atoms with Gasteiger partial charge in [0.05, 0.1) is 31.7 Å². The van der Waals surface area contributed by atoms with Gasteiger partial charge in [0.2, 0.25) is 5.91 Å². The van der Waals surface area contributed by atoms with E-state index in [1.165, 1.54) is 12.8 Å². The summed E-state index contributed by atoms with van der Waals surface area (Å²) in [6, 6.07) is 15.1. The van der Waals surface area contributed by atoms with Crippen molar-refractivity contribution in [3.63, 3.8) is 0 Å². The molecule has 2 aliphatic heterocycles. The van der Waals surface area contributed by atoms with Crippen molar-refractivity contribution < 1.29 is 23.8 Å². The Balaban J connectivity index is 1.49. The Morgan fingerprint density at radius 1 is 0.921 bits per heavy atom. The predicted molar refractivity (Wildman–Crippen MR) is 148 cm³/mol. The van der Waals surface area contributed by atoms with E-state index in [1.807, 2.05) is 72.2 Å². The highest BCUT2D eigenvalue weighted by molar-refractivity contribution is 5.97. The highest BCUT2D eigenvalue weighted by Gasteiger charge is 2.38. The third-order valence-electron chi connectivity index (χ3n) is 7.38. The minimum Gasteiger partial charge on any atom is -0.494 e. The quantitative estimate of drug-likeness (QED) is 0.545. The van der Waals surface area contributed by atoms with Crippen LogP contribution < -0.4 is 9.47 Å². The Morgan fingerprint density at radius 2 is 1.63 bits per heavy atom. The third-order valence-corrected chi connectivity index (χ3v) is 7.38. The summed E-state index contributed by atoms with van der Waals surface area (Å²) in [6.07, 6.45) is 6.33. The van der Waals surface area contributed by atoms with Gasteiger partial charge in [0.15, 0.2) is 0 Å². The monoisotopic (exact) mass is 522 g/mol. The number of carbonyl (C=O) groups is 2. The Bertz CT molecular complexity index is 1040. The number of hydrogen-bond donors (Lipinski definition) is 0. The van der Waals surface area contributed by atoms with E-state index in [0.29, 0.717) is 50.6 Å². The minimum absolute atomic E-state index is 0.00547.